The summed E-state index contributed by atoms with van der Waals surface area (Å²) < 4.78 is 13.7. The number of amides is 2. The van der Waals surface area contributed by atoms with Crippen LogP contribution >= 0.6 is 11.8 Å². The number of thioether (sulfide) groups is 1. The minimum atomic E-state index is -0.578. The van der Waals surface area contributed by atoms with Crippen molar-refractivity contribution in [3.63, 3.8) is 0 Å². The van der Waals surface area contributed by atoms with Gasteiger partial charge in [0.2, 0.25) is 5.91 Å². The predicted octanol–water partition coefficient (Wildman–Crippen LogP) is 3.62. The van der Waals surface area contributed by atoms with Gasteiger partial charge in [0.15, 0.2) is 0 Å². The molecule has 2 aromatic rings. The van der Waals surface area contributed by atoms with Gasteiger partial charge in [0.25, 0.3) is 5.91 Å². The van der Waals surface area contributed by atoms with E-state index >= 15 is 0 Å². The molecule has 1 atom stereocenters. The first-order valence-corrected chi connectivity index (χ1v) is 8.82. The molecule has 0 saturated carbocycles. The summed E-state index contributed by atoms with van der Waals surface area (Å²) in [6.45, 7) is 1.29. The number of carbonyl (C=O) groups is 2. The molecular formula is C18H19FN2O2S. The van der Waals surface area contributed by atoms with Gasteiger partial charge in [-0.3, -0.25) is 9.59 Å². The van der Waals surface area contributed by atoms with E-state index in [0.29, 0.717) is 5.56 Å². The second-order valence-electron chi connectivity index (χ2n) is 5.27. The molecule has 0 spiro atoms. The highest BCUT2D eigenvalue weighted by atomic mass is 32.2. The van der Waals surface area contributed by atoms with Crippen molar-refractivity contribution in [3.05, 3.63) is 65.5 Å². The lowest BCUT2D eigenvalue weighted by Crippen LogP contribution is -2.30. The van der Waals surface area contributed by atoms with Crippen molar-refractivity contribution in [2.75, 3.05) is 17.3 Å². The highest BCUT2D eigenvalue weighted by Crippen LogP contribution is 2.20. The van der Waals surface area contributed by atoms with Gasteiger partial charge in [-0.15, -0.1) is 0 Å². The van der Waals surface area contributed by atoms with Gasteiger partial charge in [-0.25, -0.2) is 4.39 Å². The Kier molecular flexibility index (Phi) is 6.37. The van der Waals surface area contributed by atoms with Gasteiger partial charge in [0.1, 0.15) is 5.82 Å². The Labute approximate surface area is 144 Å². The topological polar surface area (TPSA) is 58.2 Å². The maximum absolute atomic E-state index is 13.7. The van der Waals surface area contributed by atoms with Crippen molar-refractivity contribution in [3.8, 4) is 0 Å². The molecule has 4 nitrogen and oxygen atoms in total. The summed E-state index contributed by atoms with van der Waals surface area (Å²) in [5, 5.41) is 5.34. The molecular weight excluding hydrogens is 327 g/mol. The molecule has 2 N–H and O–H groups in total. The van der Waals surface area contributed by atoms with Crippen molar-refractivity contribution in [1.29, 1.82) is 0 Å². The smallest absolute Gasteiger partial charge is 0.251 e. The van der Waals surface area contributed by atoms with Gasteiger partial charge >= 0.3 is 0 Å². The van der Waals surface area contributed by atoms with Crippen molar-refractivity contribution in [2.24, 2.45) is 0 Å². The lowest BCUT2D eigenvalue weighted by atomic mass is 10.1. The second kappa shape index (κ2) is 8.49. The molecule has 0 saturated heterocycles. The van der Waals surface area contributed by atoms with E-state index in [1.54, 1.807) is 11.8 Å². The first kappa shape index (κ1) is 18.0. The molecule has 0 aliphatic rings. The average Bonchev–Trinajstić information content (AvgIpc) is 2.56. The molecule has 0 radical (unpaired) electrons. The second-order valence-corrected chi connectivity index (χ2v) is 6.18. The van der Waals surface area contributed by atoms with Crippen LogP contribution in [0.3, 0.4) is 0 Å². The minimum Gasteiger partial charge on any atom is -0.344 e. The van der Waals surface area contributed by atoms with E-state index in [4.69, 9.17) is 0 Å². The summed E-state index contributed by atoms with van der Waals surface area (Å²) in [6, 6.07) is 13.4. The van der Waals surface area contributed by atoms with Crippen LogP contribution in [0.4, 0.5) is 10.1 Å². The monoisotopic (exact) mass is 346 g/mol. The molecule has 2 amide bonds. The van der Waals surface area contributed by atoms with Crippen LogP contribution in [0.1, 0.15) is 28.9 Å². The lowest BCUT2D eigenvalue weighted by Gasteiger charge is -2.18. The molecule has 126 valence electrons. The Morgan fingerprint density at radius 1 is 1.17 bits per heavy atom. The first-order valence-electron chi connectivity index (χ1n) is 7.43. The highest BCUT2D eigenvalue weighted by Gasteiger charge is 2.16. The Morgan fingerprint density at radius 2 is 1.88 bits per heavy atom. The summed E-state index contributed by atoms with van der Waals surface area (Å²) in [5.41, 5.74) is 1.29. The van der Waals surface area contributed by atoms with Crippen LogP contribution in [0.15, 0.2) is 48.5 Å². The van der Waals surface area contributed by atoms with Crippen LogP contribution in [0.5, 0.6) is 0 Å². The van der Waals surface area contributed by atoms with Crippen molar-refractivity contribution >= 4 is 29.3 Å². The largest absolute Gasteiger partial charge is 0.344 e. The maximum Gasteiger partial charge on any atom is 0.251 e. The van der Waals surface area contributed by atoms with E-state index in [1.165, 1.54) is 25.1 Å². The Balaban J connectivity index is 2.19. The van der Waals surface area contributed by atoms with E-state index in [1.807, 2.05) is 36.6 Å². The fraction of sp³-hybridized carbons (Fsp3) is 0.222. The summed E-state index contributed by atoms with van der Waals surface area (Å²) >= 11 is 1.62. The minimum absolute atomic E-state index is 0.00345. The van der Waals surface area contributed by atoms with Crippen molar-refractivity contribution in [1.82, 2.24) is 5.32 Å². The molecule has 2 aromatic carbocycles. The van der Waals surface area contributed by atoms with Crippen molar-refractivity contribution < 1.29 is 14.0 Å². The van der Waals surface area contributed by atoms with Crippen LogP contribution in [0.25, 0.3) is 0 Å². The molecule has 24 heavy (non-hydrogen) atoms. The number of carbonyl (C=O) groups excluding carboxylic acids is 2. The molecule has 0 fully saturated rings. The number of rotatable bonds is 6. The Morgan fingerprint density at radius 3 is 2.50 bits per heavy atom. The summed E-state index contributed by atoms with van der Waals surface area (Å²) in [7, 11) is 0. The van der Waals surface area contributed by atoms with Gasteiger partial charge in [0.05, 0.1) is 11.7 Å². The average molecular weight is 346 g/mol. The van der Waals surface area contributed by atoms with Gasteiger partial charge in [-0.1, -0.05) is 30.3 Å². The zero-order valence-electron chi connectivity index (χ0n) is 13.5. The SMILES string of the molecule is CSC[C@@H](NC(=O)c1ccc(F)c(NC(C)=O)c1)c1ccccc1. The zero-order valence-corrected chi connectivity index (χ0v) is 14.3. The van der Waals surface area contributed by atoms with Gasteiger partial charge in [-0.05, 0) is 30.0 Å². The standard InChI is InChI=1S/C18H19FN2O2S/c1-12(22)20-16-10-14(8-9-15(16)19)18(23)21-17(11-24-2)13-6-4-3-5-7-13/h3-10,17H,11H2,1-2H3,(H,20,22)(H,21,23)/t17-/m1/s1. The number of benzene rings is 2. The van der Waals surface area contributed by atoms with Crippen molar-refractivity contribution in [2.45, 2.75) is 13.0 Å². The summed E-state index contributed by atoms with van der Waals surface area (Å²) in [5.74, 6) is -0.568. The van der Waals surface area contributed by atoms with Crippen LogP contribution in [0.2, 0.25) is 0 Å². The molecule has 0 aliphatic heterocycles. The van der Waals surface area contributed by atoms with Gasteiger partial charge in [-0.2, -0.15) is 11.8 Å². The molecule has 0 heterocycles. The van der Waals surface area contributed by atoms with E-state index < -0.39 is 11.7 Å². The Hall–Kier alpha value is -2.34. The number of nitrogens with one attached hydrogen (secondary N) is 2. The number of halogens is 1. The molecule has 0 aromatic heterocycles. The molecule has 0 bridgehead atoms. The van der Waals surface area contributed by atoms with Crippen LogP contribution in [0, 0.1) is 5.82 Å². The maximum atomic E-state index is 13.7. The van der Waals surface area contributed by atoms with Gasteiger partial charge in [0, 0.05) is 18.2 Å². The van der Waals surface area contributed by atoms with Crippen LogP contribution < -0.4 is 10.6 Å². The van der Waals surface area contributed by atoms with Gasteiger partial charge < -0.3 is 10.6 Å². The fourth-order valence-electron chi connectivity index (χ4n) is 2.27. The third-order valence-corrected chi connectivity index (χ3v) is 4.05. The first-order chi connectivity index (χ1) is 11.5. The summed E-state index contributed by atoms with van der Waals surface area (Å²) in [4.78, 5) is 23.6. The predicted molar refractivity (Wildman–Crippen MR) is 95.7 cm³/mol. The third kappa shape index (κ3) is 4.83. The fourth-order valence-corrected chi connectivity index (χ4v) is 2.88. The quantitative estimate of drug-likeness (QED) is 0.840. The Bertz CT molecular complexity index is 722. The van der Waals surface area contributed by atoms with Crippen LogP contribution in [-0.4, -0.2) is 23.8 Å². The number of anilines is 1. The normalized spacial score (nSPS) is 11.6. The lowest BCUT2D eigenvalue weighted by molar-refractivity contribution is -0.114. The molecule has 6 heteroatoms. The van der Waals surface area contributed by atoms with E-state index in [0.717, 1.165) is 11.3 Å². The van der Waals surface area contributed by atoms with E-state index in [9.17, 15) is 14.0 Å². The van der Waals surface area contributed by atoms with E-state index in [2.05, 4.69) is 10.6 Å². The summed E-state index contributed by atoms with van der Waals surface area (Å²) in [6.07, 6.45) is 1.97. The van der Waals surface area contributed by atoms with Crippen LogP contribution in [-0.2, 0) is 4.79 Å². The molecule has 2 rings (SSSR count). The van der Waals surface area contributed by atoms with E-state index in [-0.39, 0.29) is 17.6 Å². The number of hydrogen-bond acceptors (Lipinski definition) is 3. The molecule has 0 unspecified atom stereocenters. The highest BCUT2D eigenvalue weighted by molar-refractivity contribution is 7.98. The number of hydrogen-bond donors (Lipinski definition) is 2. The zero-order chi connectivity index (χ0) is 17.5. The third-order valence-electron chi connectivity index (χ3n) is 3.38. The molecule has 0 aliphatic carbocycles.